The molecule has 0 saturated heterocycles. The first kappa shape index (κ1) is 14.9. The van der Waals surface area contributed by atoms with E-state index in [2.05, 4.69) is 5.32 Å². The van der Waals surface area contributed by atoms with Gasteiger partial charge >= 0.3 is 0 Å². The second-order valence-corrected chi connectivity index (χ2v) is 5.42. The Morgan fingerprint density at radius 2 is 1.89 bits per heavy atom. The summed E-state index contributed by atoms with van der Waals surface area (Å²) >= 11 is 5.92. The zero-order valence-electron chi connectivity index (χ0n) is 10.6. The third-order valence-corrected chi connectivity index (χ3v) is 3.40. The quantitative estimate of drug-likeness (QED) is 0.841. The van der Waals surface area contributed by atoms with Crippen LogP contribution in [0.3, 0.4) is 0 Å². The SMILES string of the molecule is CC(Cl)C(C)(C)NC(=O)Cc1c(F)cccc1F. The van der Waals surface area contributed by atoms with Gasteiger partial charge in [-0.1, -0.05) is 6.07 Å². The smallest absolute Gasteiger partial charge is 0.225 e. The van der Waals surface area contributed by atoms with Crippen molar-refractivity contribution in [1.29, 1.82) is 0 Å². The molecule has 0 heterocycles. The van der Waals surface area contributed by atoms with Gasteiger partial charge in [0.1, 0.15) is 11.6 Å². The van der Waals surface area contributed by atoms with Gasteiger partial charge in [-0.05, 0) is 32.9 Å². The minimum absolute atomic E-state index is 0.229. The lowest BCUT2D eigenvalue weighted by Crippen LogP contribution is -2.49. The van der Waals surface area contributed by atoms with Gasteiger partial charge in [0.2, 0.25) is 5.91 Å². The van der Waals surface area contributed by atoms with Crippen LogP contribution in [0.15, 0.2) is 18.2 Å². The van der Waals surface area contributed by atoms with Crippen molar-refractivity contribution < 1.29 is 13.6 Å². The largest absolute Gasteiger partial charge is 0.349 e. The number of halogens is 3. The maximum atomic E-state index is 13.4. The van der Waals surface area contributed by atoms with Crippen LogP contribution in [0.4, 0.5) is 8.78 Å². The fourth-order valence-corrected chi connectivity index (χ4v) is 1.42. The summed E-state index contributed by atoms with van der Waals surface area (Å²) in [6, 6.07) is 3.51. The molecule has 100 valence electrons. The van der Waals surface area contributed by atoms with Crippen molar-refractivity contribution in [3.05, 3.63) is 35.4 Å². The third-order valence-electron chi connectivity index (χ3n) is 2.86. The van der Waals surface area contributed by atoms with E-state index in [-0.39, 0.29) is 17.4 Å². The Morgan fingerprint density at radius 3 is 2.33 bits per heavy atom. The zero-order valence-corrected chi connectivity index (χ0v) is 11.3. The van der Waals surface area contributed by atoms with Crippen LogP contribution in [-0.2, 0) is 11.2 Å². The summed E-state index contributed by atoms with van der Waals surface area (Å²) in [4.78, 5) is 11.7. The van der Waals surface area contributed by atoms with Crippen molar-refractivity contribution in [2.45, 2.75) is 38.1 Å². The van der Waals surface area contributed by atoms with E-state index in [1.54, 1.807) is 20.8 Å². The van der Waals surface area contributed by atoms with Crippen LogP contribution < -0.4 is 5.32 Å². The van der Waals surface area contributed by atoms with E-state index in [4.69, 9.17) is 11.6 Å². The Balaban J connectivity index is 2.77. The molecule has 1 unspecified atom stereocenters. The lowest BCUT2D eigenvalue weighted by molar-refractivity contribution is -0.122. The van der Waals surface area contributed by atoms with E-state index in [1.165, 1.54) is 6.07 Å². The van der Waals surface area contributed by atoms with Crippen molar-refractivity contribution in [3.8, 4) is 0 Å². The summed E-state index contributed by atoms with van der Waals surface area (Å²) < 4.78 is 26.7. The summed E-state index contributed by atoms with van der Waals surface area (Å²) in [5.74, 6) is -1.90. The fourth-order valence-electron chi connectivity index (χ4n) is 1.36. The summed E-state index contributed by atoms with van der Waals surface area (Å²) in [5, 5.41) is 2.36. The molecule has 1 rings (SSSR count). The molecule has 0 aliphatic carbocycles. The zero-order chi connectivity index (χ0) is 13.9. The number of carbonyl (C=O) groups excluding carboxylic acids is 1. The molecule has 1 atom stereocenters. The molecule has 1 aromatic rings. The van der Waals surface area contributed by atoms with Crippen molar-refractivity contribution in [2.24, 2.45) is 0 Å². The highest BCUT2D eigenvalue weighted by atomic mass is 35.5. The minimum atomic E-state index is -0.720. The van der Waals surface area contributed by atoms with Gasteiger partial charge in [0.25, 0.3) is 0 Å². The molecule has 0 spiro atoms. The summed E-state index contributed by atoms with van der Waals surface area (Å²) in [6.07, 6.45) is -0.342. The molecule has 0 aliphatic heterocycles. The maximum Gasteiger partial charge on any atom is 0.225 e. The number of alkyl halides is 1. The second kappa shape index (κ2) is 5.65. The first-order valence-electron chi connectivity index (χ1n) is 5.62. The van der Waals surface area contributed by atoms with E-state index < -0.39 is 23.1 Å². The topological polar surface area (TPSA) is 29.1 Å². The van der Waals surface area contributed by atoms with Gasteiger partial charge in [-0.3, -0.25) is 4.79 Å². The summed E-state index contributed by atoms with van der Waals surface area (Å²) in [7, 11) is 0. The highest BCUT2D eigenvalue weighted by molar-refractivity contribution is 6.21. The number of nitrogens with one attached hydrogen (secondary N) is 1. The molecule has 5 heteroatoms. The van der Waals surface area contributed by atoms with Gasteiger partial charge in [0, 0.05) is 5.56 Å². The van der Waals surface area contributed by atoms with E-state index >= 15 is 0 Å². The van der Waals surface area contributed by atoms with Crippen molar-refractivity contribution in [3.63, 3.8) is 0 Å². The number of amides is 1. The molecule has 18 heavy (non-hydrogen) atoms. The number of benzene rings is 1. The predicted octanol–water partition coefficient (Wildman–Crippen LogP) is 3.03. The average Bonchev–Trinajstić information content (AvgIpc) is 2.22. The van der Waals surface area contributed by atoms with Gasteiger partial charge in [-0.2, -0.15) is 0 Å². The Hall–Kier alpha value is -1.16. The van der Waals surface area contributed by atoms with Gasteiger partial charge in [0.05, 0.1) is 17.3 Å². The van der Waals surface area contributed by atoms with E-state index in [9.17, 15) is 13.6 Å². The van der Waals surface area contributed by atoms with E-state index in [1.807, 2.05) is 0 Å². The molecule has 0 aromatic heterocycles. The molecule has 1 amide bonds. The number of rotatable bonds is 4. The van der Waals surface area contributed by atoms with Crippen LogP contribution in [0.5, 0.6) is 0 Å². The number of hydrogen-bond acceptors (Lipinski definition) is 1. The first-order valence-corrected chi connectivity index (χ1v) is 6.05. The van der Waals surface area contributed by atoms with Gasteiger partial charge < -0.3 is 5.32 Å². The van der Waals surface area contributed by atoms with Crippen LogP contribution in [0.1, 0.15) is 26.3 Å². The summed E-state index contributed by atoms with van der Waals surface area (Å²) in [5.41, 5.74) is -0.867. The Kier molecular flexibility index (Phi) is 4.68. The molecular weight excluding hydrogens is 260 g/mol. The van der Waals surface area contributed by atoms with Crippen LogP contribution in [0, 0.1) is 11.6 Å². The van der Waals surface area contributed by atoms with E-state index in [0.717, 1.165) is 12.1 Å². The van der Waals surface area contributed by atoms with Crippen LogP contribution in [0.2, 0.25) is 0 Å². The highest BCUT2D eigenvalue weighted by Gasteiger charge is 2.26. The van der Waals surface area contributed by atoms with Crippen LogP contribution in [0.25, 0.3) is 0 Å². The van der Waals surface area contributed by atoms with E-state index in [0.29, 0.717) is 0 Å². The standard InChI is InChI=1S/C13H16ClF2NO/c1-8(14)13(2,3)17-12(18)7-9-10(15)5-4-6-11(9)16/h4-6,8H,7H2,1-3H3,(H,17,18). The normalized spacial score (nSPS) is 13.2. The Bertz CT molecular complexity index is 426. The molecule has 0 fully saturated rings. The molecule has 0 aliphatic rings. The molecular formula is C13H16ClF2NO. The molecule has 1 N–H and O–H groups in total. The third kappa shape index (κ3) is 3.67. The Morgan fingerprint density at radius 1 is 1.39 bits per heavy atom. The maximum absolute atomic E-state index is 13.4. The molecule has 0 saturated carbocycles. The predicted molar refractivity (Wildman–Crippen MR) is 67.6 cm³/mol. The van der Waals surface area contributed by atoms with Crippen molar-refractivity contribution in [1.82, 2.24) is 5.32 Å². The molecule has 2 nitrogen and oxygen atoms in total. The van der Waals surface area contributed by atoms with Crippen LogP contribution >= 0.6 is 11.6 Å². The van der Waals surface area contributed by atoms with Crippen LogP contribution in [-0.4, -0.2) is 16.8 Å². The van der Waals surface area contributed by atoms with Gasteiger partial charge in [0.15, 0.2) is 0 Å². The molecule has 1 aromatic carbocycles. The number of hydrogen-bond donors (Lipinski definition) is 1. The monoisotopic (exact) mass is 275 g/mol. The lowest BCUT2D eigenvalue weighted by atomic mass is 10.0. The minimum Gasteiger partial charge on any atom is -0.349 e. The first-order chi connectivity index (χ1) is 8.24. The lowest BCUT2D eigenvalue weighted by Gasteiger charge is -2.29. The van der Waals surface area contributed by atoms with Crippen molar-refractivity contribution >= 4 is 17.5 Å². The number of carbonyl (C=O) groups is 1. The van der Waals surface area contributed by atoms with Gasteiger partial charge in [-0.15, -0.1) is 11.6 Å². The molecule has 0 radical (unpaired) electrons. The fraction of sp³-hybridized carbons (Fsp3) is 0.462. The van der Waals surface area contributed by atoms with Crippen molar-refractivity contribution in [2.75, 3.05) is 0 Å². The molecule has 0 bridgehead atoms. The van der Waals surface area contributed by atoms with Gasteiger partial charge in [-0.25, -0.2) is 8.78 Å². The second-order valence-electron chi connectivity index (χ2n) is 4.76. The Labute approximate surface area is 110 Å². The summed E-state index contributed by atoms with van der Waals surface area (Å²) in [6.45, 7) is 5.24. The highest BCUT2D eigenvalue weighted by Crippen LogP contribution is 2.16. The average molecular weight is 276 g/mol.